The van der Waals surface area contributed by atoms with Crippen molar-refractivity contribution in [1.82, 2.24) is 10.6 Å². The highest BCUT2D eigenvalue weighted by atomic mass is 16.5. The standard InChI is InChI=1S/C24H28N2O5/c1-14(21(27)26-20(22(28)29)24(2,3)4)25-23(30)31-13-19-17-11-7-5-9-15(17)16-10-6-8-12-18(16)19/h5-12,14,19-20H,13H2,1-4H3,(H,25,30)(H,26,27)(H,28,29)/t14?,20-/m1/s1. The average Bonchev–Trinajstić information content (AvgIpc) is 3.03. The number of hydrogen-bond donors (Lipinski definition) is 3. The first-order valence-corrected chi connectivity index (χ1v) is 10.2. The van der Waals surface area contributed by atoms with Gasteiger partial charge in [-0.05, 0) is 34.6 Å². The van der Waals surface area contributed by atoms with Gasteiger partial charge in [0.1, 0.15) is 18.7 Å². The third-order valence-electron chi connectivity index (χ3n) is 5.47. The number of benzene rings is 2. The van der Waals surface area contributed by atoms with E-state index in [4.69, 9.17) is 4.74 Å². The Hall–Kier alpha value is -3.35. The molecule has 0 heterocycles. The molecule has 0 spiro atoms. The summed E-state index contributed by atoms with van der Waals surface area (Å²) in [6, 6.07) is 14.0. The maximum atomic E-state index is 12.4. The second-order valence-corrected chi connectivity index (χ2v) is 8.84. The first kappa shape index (κ1) is 22.3. The van der Waals surface area contributed by atoms with Gasteiger partial charge in [-0.25, -0.2) is 9.59 Å². The van der Waals surface area contributed by atoms with E-state index in [1.54, 1.807) is 20.8 Å². The van der Waals surface area contributed by atoms with Gasteiger partial charge in [-0.2, -0.15) is 0 Å². The van der Waals surface area contributed by atoms with Crippen LogP contribution in [0.15, 0.2) is 48.5 Å². The monoisotopic (exact) mass is 424 g/mol. The van der Waals surface area contributed by atoms with Gasteiger partial charge < -0.3 is 20.5 Å². The van der Waals surface area contributed by atoms with Crippen molar-refractivity contribution in [2.24, 2.45) is 5.41 Å². The normalized spacial score (nSPS) is 14.7. The van der Waals surface area contributed by atoms with E-state index >= 15 is 0 Å². The van der Waals surface area contributed by atoms with Crippen LogP contribution >= 0.6 is 0 Å². The van der Waals surface area contributed by atoms with Gasteiger partial charge in [0, 0.05) is 5.92 Å². The fourth-order valence-electron chi connectivity index (χ4n) is 3.80. The molecule has 1 aliphatic rings. The topological polar surface area (TPSA) is 105 Å². The average molecular weight is 424 g/mol. The van der Waals surface area contributed by atoms with Crippen LogP contribution in [-0.4, -0.2) is 41.8 Å². The van der Waals surface area contributed by atoms with Crippen LogP contribution in [0.25, 0.3) is 11.1 Å². The lowest BCUT2D eigenvalue weighted by molar-refractivity contribution is -0.145. The number of fused-ring (bicyclic) bond motifs is 3. The van der Waals surface area contributed by atoms with Gasteiger partial charge in [0.25, 0.3) is 0 Å². The zero-order chi connectivity index (χ0) is 22.8. The zero-order valence-electron chi connectivity index (χ0n) is 18.1. The minimum atomic E-state index is -1.13. The van der Waals surface area contributed by atoms with Crippen molar-refractivity contribution in [3.63, 3.8) is 0 Å². The summed E-state index contributed by atoms with van der Waals surface area (Å²) in [5.74, 6) is -1.80. The van der Waals surface area contributed by atoms with E-state index in [1.165, 1.54) is 6.92 Å². The van der Waals surface area contributed by atoms with Crippen LogP contribution in [0, 0.1) is 5.41 Å². The minimum absolute atomic E-state index is 0.0837. The number of carboxylic acid groups (broad SMARTS) is 1. The van der Waals surface area contributed by atoms with Gasteiger partial charge in [0.05, 0.1) is 0 Å². The Kier molecular flexibility index (Phi) is 6.34. The molecule has 7 nitrogen and oxygen atoms in total. The van der Waals surface area contributed by atoms with Crippen LogP contribution in [0.1, 0.15) is 44.7 Å². The van der Waals surface area contributed by atoms with E-state index in [2.05, 4.69) is 22.8 Å². The highest BCUT2D eigenvalue weighted by Gasteiger charge is 2.34. The van der Waals surface area contributed by atoms with Crippen LogP contribution in [0.5, 0.6) is 0 Å². The summed E-state index contributed by atoms with van der Waals surface area (Å²) in [5.41, 5.74) is 3.77. The number of nitrogens with one attached hydrogen (secondary N) is 2. The van der Waals surface area contributed by atoms with Gasteiger partial charge in [-0.1, -0.05) is 69.3 Å². The summed E-state index contributed by atoms with van der Waals surface area (Å²) in [7, 11) is 0. The molecule has 0 bridgehead atoms. The molecule has 3 N–H and O–H groups in total. The van der Waals surface area contributed by atoms with Gasteiger partial charge in [0.15, 0.2) is 0 Å². The number of amides is 2. The maximum Gasteiger partial charge on any atom is 0.407 e. The van der Waals surface area contributed by atoms with Crippen LogP contribution < -0.4 is 10.6 Å². The van der Waals surface area contributed by atoms with E-state index in [-0.39, 0.29) is 12.5 Å². The summed E-state index contributed by atoms with van der Waals surface area (Å²) in [4.78, 5) is 36.2. The number of carbonyl (C=O) groups excluding carboxylic acids is 2. The molecule has 31 heavy (non-hydrogen) atoms. The number of hydrogen-bond acceptors (Lipinski definition) is 4. The number of carbonyl (C=O) groups is 3. The molecule has 2 amide bonds. The van der Waals surface area contributed by atoms with E-state index in [0.29, 0.717) is 0 Å². The SMILES string of the molecule is CC(NC(=O)OCC1c2ccccc2-c2ccccc21)C(=O)N[C@H](C(=O)O)C(C)(C)C. The summed E-state index contributed by atoms with van der Waals surface area (Å²) in [6.45, 7) is 6.77. The Morgan fingerprint density at radius 2 is 1.48 bits per heavy atom. The number of alkyl carbamates (subject to hydrolysis) is 1. The number of aliphatic carboxylic acids is 1. The molecule has 1 unspecified atom stereocenters. The van der Waals surface area contributed by atoms with Gasteiger partial charge in [0.2, 0.25) is 5.91 Å². The van der Waals surface area contributed by atoms with Gasteiger partial charge in [-0.15, -0.1) is 0 Å². The molecule has 2 atom stereocenters. The first-order chi connectivity index (χ1) is 14.6. The molecule has 2 aromatic carbocycles. The lowest BCUT2D eigenvalue weighted by Crippen LogP contribution is -2.54. The van der Waals surface area contributed by atoms with Crippen molar-refractivity contribution >= 4 is 18.0 Å². The lowest BCUT2D eigenvalue weighted by Gasteiger charge is -2.28. The van der Waals surface area contributed by atoms with Gasteiger partial charge in [-0.3, -0.25) is 4.79 Å². The molecule has 7 heteroatoms. The maximum absolute atomic E-state index is 12.4. The third kappa shape index (κ3) is 4.87. The predicted octanol–water partition coefficient (Wildman–Crippen LogP) is 3.53. The first-order valence-electron chi connectivity index (χ1n) is 10.2. The molecular formula is C24H28N2O5. The minimum Gasteiger partial charge on any atom is -0.480 e. The van der Waals surface area contributed by atoms with Crippen LogP contribution in [-0.2, 0) is 14.3 Å². The zero-order valence-corrected chi connectivity index (χ0v) is 18.1. The Morgan fingerprint density at radius 1 is 0.968 bits per heavy atom. The Labute approximate surface area is 181 Å². The summed E-state index contributed by atoms with van der Waals surface area (Å²) < 4.78 is 5.43. The molecule has 1 aliphatic carbocycles. The highest BCUT2D eigenvalue weighted by Crippen LogP contribution is 2.44. The van der Waals surface area contributed by atoms with Crippen LogP contribution in [0.3, 0.4) is 0 Å². The van der Waals surface area contributed by atoms with Crippen LogP contribution in [0.2, 0.25) is 0 Å². The Morgan fingerprint density at radius 3 is 1.97 bits per heavy atom. The quantitative estimate of drug-likeness (QED) is 0.658. The molecule has 164 valence electrons. The summed E-state index contributed by atoms with van der Waals surface area (Å²) in [6.07, 6.45) is -0.729. The van der Waals surface area contributed by atoms with E-state index in [1.807, 2.05) is 36.4 Å². The molecule has 3 rings (SSSR count). The van der Waals surface area contributed by atoms with Crippen molar-refractivity contribution in [2.75, 3.05) is 6.61 Å². The highest BCUT2D eigenvalue weighted by molar-refractivity contribution is 5.89. The fourth-order valence-corrected chi connectivity index (χ4v) is 3.80. The van der Waals surface area contributed by atoms with Crippen molar-refractivity contribution in [3.8, 4) is 11.1 Å². The van der Waals surface area contributed by atoms with Gasteiger partial charge >= 0.3 is 12.1 Å². The lowest BCUT2D eigenvalue weighted by atomic mass is 9.86. The molecule has 0 saturated carbocycles. The van der Waals surface area contributed by atoms with Crippen molar-refractivity contribution in [1.29, 1.82) is 0 Å². The van der Waals surface area contributed by atoms with Crippen molar-refractivity contribution in [2.45, 2.75) is 45.7 Å². The van der Waals surface area contributed by atoms with Crippen molar-refractivity contribution < 1.29 is 24.2 Å². The predicted molar refractivity (Wildman–Crippen MR) is 117 cm³/mol. The molecule has 0 fully saturated rings. The molecule has 0 aromatic heterocycles. The van der Waals surface area contributed by atoms with E-state index < -0.39 is 35.5 Å². The van der Waals surface area contributed by atoms with Crippen molar-refractivity contribution in [3.05, 3.63) is 59.7 Å². The third-order valence-corrected chi connectivity index (χ3v) is 5.47. The Balaban J connectivity index is 1.60. The summed E-state index contributed by atoms with van der Waals surface area (Å²) >= 11 is 0. The molecular weight excluding hydrogens is 396 g/mol. The van der Waals surface area contributed by atoms with Crippen LogP contribution in [0.4, 0.5) is 4.79 Å². The second-order valence-electron chi connectivity index (χ2n) is 8.84. The smallest absolute Gasteiger partial charge is 0.407 e. The molecule has 0 saturated heterocycles. The number of carboxylic acids is 1. The van der Waals surface area contributed by atoms with E-state index in [9.17, 15) is 19.5 Å². The number of ether oxygens (including phenoxy) is 1. The Bertz CT molecular complexity index is 950. The number of rotatable bonds is 6. The van der Waals surface area contributed by atoms with E-state index in [0.717, 1.165) is 22.3 Å². The molecule has 0 aliphatic heterocycles. The summed E-state index contributed by atoms with van der Waals surface area (Å²) in [5, 5.41) is 14.3. The second kappa shape index (κ2) is 8.79. The fraction of sp³-hybridized carbons (Fsp3) is 0.375. The largest absolute Gasteiger partial charge is 0.480 e. The molecule has 0 radical (unpaired) electrons. The molecule has 2 aromatic rings.